The Bertz CT molecular complexity index is 1330. The summed E-state index contributed by atoms with van der Waals surface area (Å²) in [6, 6.07) is 18.8. The van der Waals surface area contributed by atoms with Gasteiger partial charge in [-0.3, -0.25) is 9.59 Å². The molecule has 5 rings (SSSR count). The van der Waals surface area contributed by atoms with Crippen LogP contribution in [0.5, 0.6) is 0 Å². The first-order valence-electron chi connectivity index (χ1n) is 9.12. The van der Waals surface area contributed by atoms with E-state index in [1.165, 1.54) is 6.07 Å². The summed E-state index contributed by atoms with van der Waals surface area (Å²) >= 11 is 6.01. The smallest absolute Gasteiger partial charge is 0.200 e. The van der Waals surface area contributed by atoms with Gasteiger partial charge in [0.25, 0.3) is 0 Å². The van der Waals surface area contributed by atoms with Crippen molar-refractivity contribution in [3.05, 3.63) is 92.7 Å². The Labute approximate surface area is 165 Å². The van der Waals surface area contributed by atoms with Crippen LogP contribution in [-0.2, 0) is 6.42 Å². The van der Waals surface area contributed by atoms with Crippen LogP contribution in [0.1, 0.15) is 34.0 Å². The van der Waals surface area contributed by atoms with Crippen LogP contribution >= 0.6 is 11.6 Å². The number of carbonyl (C=O) groups excluding carboxylic acids is 1. The van der Waals surface area contributed by atoms with Gasteiger partial charge in [-0.2, -0.15) is 4.73 Å². The highest BCUT2D eigenvalue weighted by atomic mass is 35.5. The van der Waals surface area contributed by atoms with E-state index in [-0.39, 0.29) is 34.5 Å². The number of ketones is 1. The lowest BCUT2D eigenvalue weighted by Crippen LogP contribution is -2.30. The second-order valence-corrected chi connectivity index (χ2v) is 7.66. The standard InChI is InChI=1S/C23H16ClNO3/c24-15-8-9-19-18(12-15)23(27)22-20(25(19)28)10-14(11-21(22)26)17-7-3-5-13-4-1-2-6-16(13)17/h1-9,12,14,28H,10-11H2. The summed E-state index contributed by atoms with van der Waals surface area (Å²) in [4.78, 5) is 25.9. The van der Waals surface area contributed by atoms with Crippen LogP contribution in [0.4, 0.5) is 0 Å². The highest BCUT2D eigenvalue weighted by molar-refractivity contribution is 6.31. The summed E-state index contributed by atoms with van der Waals surface area (Å²) in [5, 5.41) is 13.6. The number of hydrogen-bond acceptors (Lipinski definition) is 3. The van der Waals surface area contributed by atoms with Crippen molar-refractivity contribution in [1.29, 1.82) is 0 Å². The topological polar surface area (TPSA) is 59.3 Å². The number of rotatable bonds is 1. The number of carbonyl (C=O) groups is 1. The summed E-state index contributed by atoms with van der Waals surface area (Å²) in [5.41, 5.74) is 1.50. The van der Waals surface area contributed by atoms with Gasteiger partial charge in [-0.15, -0.1) is 0 Å². The van der Waals surface area contributed by atoms with Gasteiger partial charge >= 0.3 is 0 Å². The average molecular weight is 390 g/mol. The third-order valence-electron chi connectivity index (χ3n) is 5.62. The van der Waals surface area contributed by atoms with Gasteiger partial charge in [0.1, 0.15) is 0 Å². The van der Waals surface area contributed by atoms with Crippen molar-refractivity contribution < 1.29 is 10.0 Å². The first-order chi connectivity index (χ1) is 13.5. The largest absolute Gasteiger partial charge is 0.428 e. The second kappa shape index (κ2) is 6.21. The molecule has 0 bridgehead atoms. The number of halogens is 1. The van der Waals surface area contributed by atoms with Gasteiger partial charge in [0.2, 0.25) is 5.43 Å². The van der Waals surface area contributed by atoms with Crippen molar-refractivity contribution in [3.8, 4) is 0 Å². The van der Waals surface area contributed by atoms with E-state index in [0.29, 0.717) is 22.7 Å². The minimum atomic E-state index is -0.362. The fourth-order valence-electron chi connectivity index (χ4n) is 4.33. The number of benzene rings is 3. The van der Waals surface area contributed by atoms with E-state index in [9.17, 15) is 14.8 Å². The fourth-order valence-corrected chi connectivity index (χ4v) is 4.50. The van der Waals surface area contributed by atoms with Crippen molar-refractivity contribution in [3.63, 3.8) is 0 Å². The Morgan fingerprint density at radius 3 is 2.57 bits per heavy atom. The van der Waals surface area contributed by atoms with Gasteiger partial charge < -0.3 is 5.21 Å². The van der Waals surface area contributed by atoms with Crippen molar-refractivity contribution in [2.75, 3.05) is 0 Å². The number of fused-ring (bicyclic) bond motifs is 3. The molecule has 0 saturated carbocycles. The number of hydrogen-bond donors (Lipinski definition) is 1. The molecule has 138 valence electrons. The zero-order valence-corrected chi connectivity index (χ0v) is 15.6. The van der Waals surface area contributed by atoms with E-state index in [1.807, 2.05) is 42.5 Å². The number of nitrogens with zero attached hydrogens (tertiary/aromatic N) is 1. The van der Waals surface area contributed by atoms with E-state index in [4.69, 9.17) is 11.6 Å². The summed E-state index contributed by atoms with van der Waals surface area (Å²) in [7, 11) is 0. The van der Waals surface area contributed by atoms with E-state index in [2.05, 4.69) is 0 Å². The molecule has 0 fully saturated rings. The van der Waals surface area contributed by atoms with Crippen LogP contribution in [0.25, 0.3) is 21.7 Å². The highest BCUT2D eigenvalue weighted by Crippen LogP contribution is 2.36. The van der Waals surface area contributed by atoms with E-state index < -0.39 is 0 Å². The molecule has 1 heterocycles. The molecule has 4 nitrogen and oxygen atoms in total. The molecule has 5 heteroatoms. The molecule has 0 radical (unpaired) electrons. The van der Waals surface area contributed by atoms with Crippen LogP contribution < -0.4 is 5.43 Å². The predicted molar refractivity (Wildman–Crippen MR) is 110 cm³/mol. The van der Waals surface area contributed by atoms with Crippen LogP contribution in [0.15, 0.2) is 65.5 Å². The lowest BCUT2D eigenvalue weighted by molar-refractivity contribution is 0.0949. The fraction of sp³-hybridized carbons (Fsp3) is 0.130. The van der Waals surface area contributed by atoms with Crippen LogP contribution in [0.2, 0.25) is 5.02 Å². The maximum atomic E-state index is 12.9. The maximum absolute atomic E-state index is 12.9. The van der Waals surface area contributed by atoms with Crippen molar-refractivity contribution >= 4 is 39.1 Å². The number of pyridine rings is 1. The Balaban J connectivity index is 1.72. The van der Waals surface area contributed by atoms with Gasteiger partial charge in [0.05, 0.1) is 22.2 Å². The minimum Gasteiger partial charge on any atom is -0.428 e. The monoisotopic (exact) mass is 389 g/mol. The van der Waals surface area contributed by atoms with Crippen LogP contribution in [0, 0.1) is 0 Å². The summed E-state index contributed by atoms with van der Waals surface area (Å²) in [5.74, 6) is -0.345. The highest BCUT2D eigenvalue weighted by Gasteiger charge is 2.32. The SMILES string of the molecule is O=C1CC(c2cccc3ccccc23)Cc2c1c(=O)c1cc(Cl)ccc1n2O. The third-order valence-corrected chi connectivity index (χ3v) is 5.85. The van der Waals surface area contributed by atoms with E-state index >= 15 is 0 Å². The third kappa shape index (κ3) is 2.45. The molecule has 0 aliphatic heterocycles. The molecule has 28 heavy (non-hydrogen) atoms. The zero-order chi connectivity index (χ0) is 19.4. The molecular weight excluding hydrogens is 374 g/mol. The van der Waals surface area contributed by atoms with Gasteiger partial charge in [-0.25, -0.2) is 0 Å². The van der Waals surface area contributed by atoms with Crippen molar-refractivity contribution in [1.82, 2.24) is 4.73 Å². The van der Waals surface area contributed by atoms with Crippen LogP contribution in [0.3, 0.4) is 0 Å². The Kier molecular flexibility index (Phi) is 3.78. The summed E-state index contributed by atoms with van der Waals surface area (Å²) < 4.78 is 0.984. The van der Waals surface area contributed by atoms with Gasteiger partial charge in [-0.1, -0.05) is 54.1 Å². The molecule has 1 N–H and O–H groups in total. The quantitative estimate of drug-likeness (QED) is 0.468. The first kappa shape index (κ1) is 17.0. The zero-order valence-electron chi connectivity index (χ0n) is 14.9. The molecule has 1 unspecified atom stereocenters. The summed E-state index contributed by atoms with van der Waals surface area (Å²) in [6.07, 6.45) is 0.654. The molecule has 0 spiro atoms. The Morgan fingerprint density at radius 1 is 0.929 bits per heavy atom. The molecule has 0 amide bonds. The second-order valence-electron chi connectivity index (χ2n) is 7.22. The molecule has 1 aliphatic carbocycles. The normalized spacial score (nSPS) is 16.5. The number of aromatic nitrogens is 1. The van der Waals surface area contributed by atoms with E-state index in [0.717, 1.165) is 21.1 Å². The number of Topliss-reactive ketones (excluding diaryl/α,β-unsaturated/α-hetero) is 1. The predicted octanol–water partition coefficient (Wildman–Crippen LogP) is 4.96. The van der Waals surface area contributed by atoms with Gasteiger partial charge in [-0.05, 0) is 46.9 Å². The lowest BCUT2D eigenvalue weighted by Gasteiger charge is -2.26. The molecule has 4 aromatic rings. The van der Waals surface area contributed by atoms with Crippen molar-refractivity contribution in [2.45, 2.75) is 18.8 Å². The molecule has 1 atom stereocenters. The molecule has 1 aliphatic rings. The molecular formula is C23H16ClNO3. The minimum absolute atomic E-state index is 0.0775. The van der Waals surface area contributed by atoms with Gasteiger partial charge in [0.15, 0.2) is 5.78 Å². The summed E-state index contributed by atoms with van der Waals surface area (Å²) in [6.45, 7) is 0. The maximum Gasteiger partial charge on any atom is 0.200 e. The lowest BCUT2D eigenvalue weighted by atomic mass is 9.79. The molecule has 1 aromatic heterocycles. The Morgan fingerprint density at radius 2 is 1.71 bits per heavy atom. The van der Waals surface area contributed by atoms with Gasteiger partial charge in [0, 0.05) is 11.4 Å². The first-order valence-corrected chi connectivity index (χ1v) is 9.49. The van der Waals surface area contributed by atoms with Crippen LogP contribution in [-0.4, -0.2) is 15.7 Å². The van der Waals surface area contributed by atoms with Crippen molar-refractivity contribution in [2.24, 2.45) is 0 Å². The average Bonchev–Trinajstić information content (AvgIpc) is 2.71. The molecule has 3 aromatic carbocycles. The van der Waals surface area contributed by atoms with E-state index in [1.54, 1.807) is 12.1 Å². The molecule has 0 saturated heterocycles. The Hall–Kier alpha value is -3.11.